The SMILES string of the molecule is CCCC1=C(Cc2ccc(F)c(F)c2CC)C=CCC1. The Hall–Kier alpha value is -1.44. The maximum absolute atomic E-state index is 13.9. The van der Waals surface area contributed by atoms with Gasteiger partial charge < -0.3 is 0 Å². The molecule has 0 atom stereocenters. The van der Waals surface area contributed by atoms with Crippen molar-refractivity contribution in [3.05, 3.63) is 58.2 Å². The Balaban J connectivity index is 2.33. The molecule has 20 heavy (non-hydrogen) atoms. The van der Waals surface area contributed by atoms with E-state index in [1.807, 2.05) is 6.92 Å². The van der Waals surface area contributed by atoms with E-state index in [4.69, 9.17) is 0 Å². The molecule has 0 spiro atoms. The Kier molecular flexibility index (Phi) is 5.11. The van der Waals surface area contributed by atoms with Gasteiger partial charge in [-0.3, -0.25) is 0 Å². The zero-order valence-electron chi connectivity index (χ0n) is 12.3. The van der Waals surface area contributed by atoms with Gasteiger partial charge in [0.15, 0.2) is 11.6 Å². The van der Waals surface area contributed by atoms with Gasteiger partial charge in [-0.05, 0) is 54.9 Å². The topological polar surface area (TPSA) is 0 Å². The average molecular weight is 276 g/mol. The van der Waals surface area contributed by atoms with E-state index in [1.165, 1.54) is 17.2 Å². The smallest absolute Gasteiger partial charge is 0.162 e. The minimum absolute atomic E-state index is 0.521. The molecular formula is C18H22F2. The van der Waals surface area contributed by atoms with E-state index in [1.54, 1.807) is 6.07 Å². The van der Waals surface area contributed by atoms with Crippen LogP contribution < -0.4 is 0 Å². The van der Waals surface area contributed by atoms with Crippen LogP contribution in [0, 0.1) is 11.6 Å². The molecule has 0 unspecified atom stereocenters. The lowest BCUT2D eigenvalue weighted by Gasteiger charge is -2.17. The van der Waals surface area contributed by atoms with E-state index in [9.17, 15) is 8.78 Å². The third-order valence-corrected chi connectivity index (χ3v) is 3.97. The van der Waals surface area contributed by atoms with Gasteiger partial charge in [0.2, 0.25) is 0 Å². The van der Waals surface area contributed by atoms with Crippen LogP contribution in [0.4, 0.5) is 8.78 Å². The standard InChI is InChI=1S/C18H22F2/c1-3-7-13-8-5-6-9-14(13)12-15-10-11-17(19)18(20)16(15)4-2/h6,9-11H,3-5,7-8,12H2,1-2H3. The lowest BCUT2D eigenvalue weighted by Crippen LogP contribution is -2.04. The highest BCUT2D eigenvalue weighted by Crippen LogP contribution is 2.28. The summed E-state index contributed by atoms with van der Waals surface area (Å²) in [7, 11) is 0. The van der Waals surface area contributed by atoms with E-state index in [2.05, 4.69) is 19.1 Å². The van der Waals surface area contributed by atoms with Crippen LogP contribution in [0.2, 0.25) is 0 Å². The number of rotatable bonds is 5. The Morgan fingerprint density at radius 3 is 2.65 bits per heavy atom. The summed E-state index contributed by atoms with van der Waals surface area (Å²) in [5.74, 6) is -1.42. The highest BCUT2D eigenvalue weighted by molar-refractivity contribution is 5.39. The molecule has 2 rings (SSSR count). The van der Waals surface area contributed by atoms with Crippen molar-refractivity contribution in [1.29, 1.82) is 0 Å². The summed E-state index contributed by atoms with van der Waals surface area (Å²) in [6, 6.07) is 2.98. The van der Waals surface area contributed by atoms with Gasteiger partial charge in [0, 0.05) is 0 Å². The molecule has 1 aromatic carbocycles. The third kappa shape index (κ3) is 3.17. The predicted octanol–water partition coefficient (Wildman–Crippen LogP) is 5.52. The molecule has 0 nitrogen and oxygen atoms in total. The summed E-state index contributed by atoms with van der Waals surface area (Å²) < 4.78 is 27.2. The first-order chi connectivity index (χ1) is 9.67. The normalized spacial score (nSPS) is 15.0. The van der Waals surface area contributed by atoms with Crippen LogP contribution >= 0.6 is 0 Å². The van der Waals surface area contributed by atoms with Crippen LogP contribution in [-0.2, 0) is 12.8 Å². The van der Waals surface area contributed by atoms with Gasteiger partial charge in [-0.2, -0.15) is 0 Å². The monoisotopic (exact) mass is 276 g/mol. The van der Waals surface area contributed by atoms with Crippen molar-refractivity contribution in [3.8, 4) is 0 Å². The van der Waals surface area contributed by atoms with Crippen molar-refractivity contribution in [3.63, 3.8) is 0 Å². The Labute approximate surface area is 120 Å². The van der Waals surface area contributed by atoms with Crippen molar-refractivity contribution >= 4 is 0 Å². The number of allylic oxidation sites excluding steroid dienone is 4. The van der Waals surface area contributed by atoms with Gasteiger partial charge in [-0.25, -0.2) is 8.78 Å². The molecule has 0 aliphatic heterocycles. The second kappa shape index (κ2) is 6.83. The minimum atomic E-state index is -0.743. The van der Waals surface area contributed by atoms with Gasteiger partial charge in [0.25, 0.3) is 0 Å². The number of hydrogen-bond acceptors (Lipinski definition) is 0. The zero-order chi connectivity index (χ0) is 14.5. The number of benzene rings is 1. The Morgan fingerprint density at radius 2 is 1.95 bits per heavy atom. The van der Waals surface area contributed by atoms with E-state index in [0.29, 0.717) is 18.4 Å². The molecule has 0 amide bonds. The summed E-state index contributed by atoms with van der Waals surface area (Å²) in [4.78, 5) is 0. The van der Waals surface area contributed by atoms with Crippen molar-refractivity contribution in [2.45, 2.75) is 52.4 Å². The molecule has 1 aliphatic carbocycles. The van der Waals surface area contributed by atoms with Crippen LogP contribution in [0.3, 0.4) is 0 Å². The molecule has 0 aromatic heterocycles. The molecule has 0 bridgehead atoms. The highest BCUT2D eigenvalue weighted by atomic mass is 19.2. The molecule has 2 heteroatoms. The Morgan fingerprint density at radius 1 is 1.15 bits per heavy atom. The summed E-state index contributed by atoms with van der Waals surface area (Å²) in [5, 5.41) is 0. The summed E-state index contributed by atoms with van der Waals surface area (Å²) in [6.45, 7) is 4.05. The van der Waals surface area contributed by atoms with Gasteiger partial charge >= 0.3 is 0 Å². The molecule has 0 radical (unpaired) electrons. The van der Waals surface area contributed by atoms with Gasteiger partial charge in [-0.1, -0.05) is 44.1 Å². The fraction of sp³-hybridized carbons (Fsp3) is 0.444. The van der Waals surface area contributed by atoms with Crippen molar-refractivity contribution in [1.82, 2.24) is 0 Å². The maximum atomic E-state index is 13.9. The molecule has 1 aromatic rings. The lowest BCUT2D eigenvalue weighted by atomic mass is 9.88. The van der Waals surface area contributed by atoms with Crippen LogP contribution in [-0.4, -0.2) is 0 Å². The first-order valence-corrected chi connectivity index (χ1v) is 7.50. The first-order valence-electron chi connectivity index (χ1n) is 7.50. The van der Waals surface area contributed by atoms with Crippen LogP contribution in [0.5, 0.6) is 0 Å². The molecule has 1 aliphatic rings. The molecule has 0 saturated heterocycles. The molecule has 0 fully saturated rings. The fourth-order valence-electron chi connectivity index (χ4n) is 2.92. The van der Waals surface area contributed by atoms with Gasteiger partial charge in [-0.15, -0.1) is 0 Å². The van der Waals surface area contributed by atoms with Crippen molar-refractivity contribution in [2.24, 2.45) is 0 Å². The second-order valence-corrected chi connectivity index (χ2v) is 5.35. The molecule has 0 saturated carbocycles. The van der Waals surface area contributed by atoms with Gasteiger partial charge in [0.1, 0.15) is 0 Å². The molecule has 108 valence electrons. The largest absolute Gasteiger partial charge is 0.204 e. The van der Waals surface area contributed by atoms with E-state index in [0.717, 1.165) is 31.2 Å². The van der Waals surface area contributed by atoms with Crippen molar-refractivity contribution < 1.29 is 8.78 Å². The highest BCUT2D eigenvalue weighted by Gasteiger charge is 2.15. The second-order valence-electron chi connectivity index (χ2n) is 5.35. The van der Waals surface area contributed by atoms with E-state index < -0.39 is 11.6 Å². The number of halogens is 2. The lowest BCUT2D eigenvalue weighted by molar-refractivity contribution is 0.498. The quantitative estimate of drug-likeness (QED) is 0.664. The maximum Gasteiger partial charge on any atom is 0.162 e. The summed E-state index contributed by atoms with van der Waals surface area (Å²) in [5.41, 5.74) is 4.20. The van der Waals surface area contributed by atoms with Crippen LogP contribution in [0.15, 0.2) is 35.4 Å². The van der Waals surface area contributed by atoms with E-state index in [-0.39, 0.29) is 0 Å². The van der Waals surface area contributed by atoms with Gasteiger partial charge in [0.05, 0.1) is 0 Å². The van der Waals surface area contributed by atoms with Crippen molar-refractivity contribution in [2.75, 3.05) is 0 Å². The molecule has 0 N–H and O–H groups in total. The van der Waals surface area contributed by atoms with Crippen LogP contribution in [0.1, 0.15) is 50.7 Å². The predicted molar refractivity (Wildman–Crippen MR) is 79.7 cm³/mol. The average Bonchev–Trinajstić information content (AvgIpc) is 2.45. The molecule has 0 heterocycles. The first kappa shape index (κ1) is 15.0. The molecular weight excluding hydrogens is 254 g/mol. The zero-order valence-corrected chi connectivity index (χ0v) is 12.3. The summed E-state index contributed by atoms with van der Waals surface area (Å²) >= 11 is 0. The van der Waals surface area contributed by atoms with E-state index >= 15 is 0 Å². The number of hydrogen-bond donors (Lipinski definition) is 0. The van der Waals surface area contributed by atoms with Crippen LogP contribution in [0.25, 0.3) is 0 Å². The minimum Gasteiger partial charge on any atom is -0.204 e. The Bertz CT molecular complexity index is 539. The third-order valence-electron chi connectivity index (χ3n) is 3.97. The fourth-order valence-corrected chi connectivity index (χ4v) is 2.92. The summed E-state index contributed by atoms with van der Waals surface area (Å²) in [6.07, 6.45) is 10.0.